The van der Waals surface area contributed by atoms with Crippen molar-refractivity contribution in [2.24, 2.45) is 0 Å². The van der Waals surface area contributed by atoms with E-state index in [9.17, 15) is 9.59 Å². The number of nitrogens with zero attached hydrogens (tertiary/aromatic N) is 2. The van der Waals surface area contributed by atoms with Crippen LogP contribution in [0.3, 0.4) is 0 Å². The zero-order valence-electron chi connectivity index (χ0n) is 15.2. The summed E-state index contributed by atoms with van der Waals surface area (Å²) >= 11 is 1.43. The van der Waals surface area contributed by atoms with Crippen molar-refractivity contribution in [3.63, 3.8) is 0 Å². The molecule has 1 amide bonds. The molecule has 0 atom stereocenters. The van der Waals surface area contributed by atoms with Gasteiger partial charge in [-0.1, -0.05) is 25.1 Å². The molecule has 0 radical (unpaired) electrons. The summed E-state index contributed by atoms with van der Waals surface area (Å²) in [6, 6.07) is 12.0. The van der Waals surface area contributed by atoms with Gasteiger partial charge in [0.1, 0.15) is 4.88 Å². The second-order valence-corrected chi connectivity index (χ2v) is 7.58. The van der Waals surface area contributed by atoms with E-state index in [1.807, 2.05) is 31.2 Å². The van der Waals surface area contributed by atoms with Crippen molar-refractivity contribution >= 4 is 28.9 Å². The van der Waals surface area contributed by atoms with E-state index in [1.54, 1.807) is 4.90 Å². The molecule has 2 heterocycles. The summed E-state index contributed by atoms with van der Waals surface area (Å²) in [7, 11) is 0. The van der Waals surface area contributed by atoms with E-state index >= 15 is 0 Å². The highest BCUT2D eigenvalue weighted by Crippen LogP contribution is 2.22. The first-order valence-electron chi connectivity index (χ1n) is 8.92. The van der Waals surface area contributed by atoms with Crippen LogP contribution in [0.2, 0.25) is 0 Å². The Morgan fingerprint density at radius 1 is 1.12 bits per heavy atom. The SMILES string of the molecule is CCc1cc(C(=O)OCC(=O)N2CCN(c3ccccc3)CC2)sc1C. The van der Waals surface area contributed by atoms with E-state index in [1.165, 1.54) is 17.0 Å². The molecule has 1 saturated heterocycles. The predicted octanol–water partition coefficient (Wildman–Crippen LogP) is 3.12. The Bertz CT molecular complexity index is 765. The van der Waals surface area contributed by atoms with Crippen LogP contribution in [0.4, 0.5) is 5.69 Å². The molecule has 0 unspecified atom stereocenters. The smallest absolute Gasteiger partial charge is 0.348 e. The number of carbonyl (C=O) groups excluding carboxylic acids is 2. The van der Waals surface area contributed by atoms with Crippen LogP contribution in [0.1, 0.15) is 27.0 Å². The molecule has 6 heteroatoms. The number of hydrogen-bond acceptors (Lipinski definition) is 5. The van der Waals surface area contributed by atoms with Crippen LogP contribution in [0.15, 0.2) is 36.4 Å². The molecule has 0 bridgehead atoms. The second-order valence-electron chi connectivity index (χ2n) is 6.33. The Morgan fingerprint density at radius 3 is 2.42 bits per heavy atom. The molecule has 0 saturated carbocycles. The molecule has 1 aliphatic heterocycles. The summed E-state index contributed by atoms with van der Waals surface area (Å²) in [6.45, 7) is 6.72. The Morgan fingerprint density at radius 2 is 1.81 bits per heavy atom. The molecule has 2 aromatic rings. The van der Waals surface area contributed by atoms with Gasteiger partial charge in [0.2, 0.25) is 0 Å². The highest BCUT2D eigenvalue weighted by molar-refractivity contribution is 7.14. The quantitative estimate of drug-likeness (QED) is 0.757. The summed E-state index contributed by atoms with van der Waals surface area (Å²) < 4.78 is 5.23. The number of rotatable bonds is 5. The van der Waals surface area contributed by atoms with Crippen LogP contribution in [0, 0.1) is 6.92 Å². The summed E-state index contributed by atoms with van der Waals surface area (Å²) in [5.41, 5.74) is 2.33. The van der Waals surface area contributed by atoms with E-state index in [0.717, 1.165) is 30.0 Å². The van der Waals surface area contributed by atoms with Gasteiger partial charge in [0, 0.05) is 36.7 Å². The van der Waals surface area contributed by atoms with E-state index in [4.69, 9.17) is 4.74 Å². The van der Waals surface area contributed by atoms with Gasteiger partial charge < -0.3 is 14.5 Å². The maximum atomic E-state index is 12.3. The fraction of sp³-hybridized carbons (Fsp3) is 0.400. The molecule has 1 fully saturated rings. The third kappa shape index (κ3) is 4.25. The number of ether oxygens (including phenoxy) is 1. The number of esters is 1. The molecule has 1 aromatic carbocycles. The van der Waals surface area contributed by atoms with Crippen LogP contribution < -0.4 is 4.90 Å². The van der Waals surface area contributed by atoms with Gasteiger partial charge in [0.05, 0.1) is 0 Å². The molecular formula is C20H24N2O3S. The van der Waals surface area contributed by atoms with Crippen molar-refractivity contribution in [3.8, 4) is 0 Å². The zero-order valence-corrected chi connectivity index (χ0v) is 16.1. The minimum atomic E-state index is -0.408. The molecule has 3 rings (SSSR count). The normalized spacial score (nSPS) is 14.4. The average Bonchev–Trinajstić information content (AvgIpc) is 3.07. The first-order chi connectivity index (χ1) is 12.6. The lowest BCUT2D eigenvalue weighted by Crippen LogP contribution is -2.49. The lowest BCUT2D eigenvalue weighted by molar-refractivity contribution is -0.134. The van der Waals surface area contributed by atoms with Crippen LogP contribution in [-0.2, 0) is 16.0 Å². The first kappa shape index (κ1) is 18.5. The van der Waals surface area contributed by atoms with Crippen LogP contribution >= 0.6 is 11.3 Å². The topological polar surface area (TPSA) is 49.9 Å². The first-order valence-corrected chi connectivity index (χ1v) is 9.74. The van der Waals surface area contributed by atoms with Crippen LogP contribution in [0.25, 0.3) is 0 Å². The average molecular weight is 372 g/mol. The highest BCUT2D eigenvalue weighted by Gasteiger charge is 2.23. The van der Waals surface area contributed by atoms with Gasteiger partial charge in [-0.2, -0.15) is 0 Å². The predicted molar refractivity (Wildman–Crippen MR) is 104 cm³/mol. The number of para-hydroxylation sites is 1. The maximum Gasteiger partial charge on any atom is 0.348 e. The number of amides is 1. The van der Waals surface area contributed by atoms with E-state index in [2.05, 4.69) is 24.0 Å². The van der Waals surface area contributed by atoms with Crippen molar-refractivity contribution in [1.29, 1.82) is 0 Å². The summed E-state index contributed by atoms with van der Waals surface area (Å²) in [6.07, 6.45) is 0.889. The monoisotopic (exact) mass is 372 g/mol. The Hall–Kier alpha value is -2.34. The Labute approximate surface area is 158 Å². The standard InChI is InChI=1S/C20H24N2O3S/c1-3-16-13-18(26-15(16)2)20(24)25-14-19(23)22-11-9-21(10-12-22)17-7-5-4-6-8-17/h4-8,13H,3,9-12,14H2,1-2H3. The summed E-state index contributed by atoms with van der Waals surface area (Å²) in [4.78, 5) is 30.2. The van der Waals surface area contributed by atoms with Gasteiger partial charge in [-0.15, -0.1) is 11.3 Å². The van der Waals surface area contributed by atoms with Gasteiger partial charge in [0.25, 0.3) is 5.91 Å². The van der Waals surface area contributed by atoms with Gasteiger partial charge in [0.15, 0.2) is 6.61 Å². The molecule has 5 nitrogen and oxygen atoms in total. The van der Waals surface area contributed by atoms with Crippen molar-refractivity contribution in [3.05, 3.63) is 51.7 Å². The molecule has 138 valence electrons. The van der Waals surface area contributed by atoms with Crippen LogP contribution in [-0.4, -0.2) is 49.6 Å². The largest absolute Gasteiger partial charge is 0.451 e. The van der Waals surface area contributed by atoms with Gasteiger partial charge >= 0.3 is 5.97 Å². The number of thiophene rings is 1. The van der Waals surface area contributed by atoms with Crippen molar-refractivity contribution in [2.45, 2.75) is 20.3 Å². The van der Waals surface area contributed by atoms with Crippen molar-refractivity contribution < 1.29 is 14.3 Å². The molecule has 0 spiro atoms. The Kier molecular flexibility index (Phi) is 5.93. The minimum Gasteiger partial charge on any atom is -0.451 e. The number of anilines is 1. The molecule has 0 aliphatic carbocycles. The van der Waals surface area contributed by atoms with Gasteiger partial charge in [-0.05, 0) is 37.1 Å². The lowest BCUT2D eigenvalue weighted by atomic mass is 10.2. The fourth-order valence-electron chi connectivity index (χ4n) is 3.11. The molecule has 1 aliphatic rings. The number of benzene rings is 1. The van der Waals surface area contributed by atoms with Gasteiger partial charge in [-0.3, -0.25) is 4.79 Å². The third-order valence-corrected chi connectivity index (χ3v) is 5.76. The zero-order chi connectivity index (χ0) is 18.5. The maximum absolute atomic E-state index is 12.3. The second kappa shape index (κ2) is 8.36. The number of hydrogen-bond donors (Lipinski definition) is 0. The van der Waals surface area contributed by atoms with E-state index in [-0.39, 0.29) is 12.5 Å². The number of carbonyl (C=O) groups is 2. The van der Waals surface area contributed by atoms with Crippen molar-refractivity contribution in [2.75, 3.05) is 37.7 Å². The highest BCUT2D eigenvalue weighted by atomic mass is 32.1. The molecular weight excluding hydrogens is 348 g/mol. The summed E-state index contributed by atoms with van der Waals surface area (Å²) in [5.74, 6) is -0.538. The summed E-state index contributed by atoms with van der Waals surface area (Å²) in [5, 5.41) is 0. The number of piperazine rings is 1. The molecule has 0 N–H and O–H groups in total. The molecule has 1 aromatic heterocycles. The minimum absolute atomic E-state index is 0.130. The van der Waals surface area contributed by atoms with Crippen LogP contribution in [0.5, 0.6) is 0 Å². The molecule has 26 heavy (non-hydrogen) atoms. The van der Waals surface area contributed by atoms with Gasteiger partial charge in [-0.25, -0.2) is 4.79 Å². The Balaban J connectivity index is 1.47. The van der Waals surface area contributed by atoms with Crippen molar-refractivity contribution in [1.82, 2.24) is 4.90 Å². The fourth-order valence-corrected chi connectivity index (χ4v) is 4.12. The lowest BCUT2D eigenvalue weighted by Gasteiger charge is -2.36. The van der Waals surface area contributed by atoms with E-state index in [0.29, 0.717) is 18.0 Å². The van der Waals surface area contributed by atoms with E-state index < -0.39 is 5.97 Å². The third-order valence-electron chi connectivity index (χ3n) is 4.68. The number of aryl methyl sites for hydroxylation is 2.